The lowest BCUT2D eigenvalue weighted by Gasteiger charge is -2.39. The minimum atomic E-state index is 0.0216. The van der Waals surface area contributed by atoms with Crippen LogP contribution >= 0.6 is 0 Å². The van der Waals surface area contributed by atoms with Gasteiger partial charge in [-0.25, -0.2) is 9.36 Å². The number of aromatic nitrogens is 4. The third kappa shape index (κ3) is 14.3. The first-order valence-electron chi connectivity index (χ1n) is 23.9. The number of hydrogen-bond acceptors (Lipinski definition) is 10. The second-order valence-corrected chi connectivity index (χ2v) is 18.0. The molecule has 14 heteroatoms. The van der Waals surface area contributed by atoms with Crippen LogP contribution in [0.25, 0.3) is 11.4 Å². The van der Waals surface area contributed by atoms with Crippen LogP contribution in [0, 0.1) is 11.8 Å². The van der Waals surface area contributed by atoms with E-state index in [4.69, 9.17) is 18.9 Å². The number of ether oxygens (including phenoxy) is 4. The van der Waals surface area contributed by atoms with Crippen molar-refractivity contribution in [2.45, 2.75) is 101 Å². The molecule has 2 aliphatic carbocycles. The van der Waals surface area contributed by atoms with Crippen molar-refractivity contribution >= 4 is 11.8 Å². The topological polar surface area (TPSA) is 137 Å². The third-order valence-corrected chi connectivity index (χ3v) is 13.4. The predicted molar refractivity (Wildman–Crippen MR) is 248 cm³/mol. The smallest absolute Gasteiger partial charge is 0.251 e. The van der Waals surface area contributed by atoms with Crippen molar-refractivity contribution in [3.63, 3.8) is 0 Å². The van der Waals surface area contributed by atoms with Crippen molar-refractivity contribution in [1.29, 1.82) is 0 Å². The number of rotatable bonds is 18. The zero-order valence-electron chi connectivity index (χ0n) is 38.2. The minimum Gasteiger partial charge on any atom is -0.382 e. The number of likely N-dealkylation sites (tertiary alicyclic amines) is 2. The normalized spacial score (nSPS) is 24.3. The molecule has 2 amide bonds. The molecular formula is C50H72N8O6. The molecule has 0 bridgehead atoms. The lowest BCUT2D eigenvalue weighted by Crippen LogP contribution is -2.49. The molecule has 2 aromatic carbocycles. The Balaban J connectivity index is 0.000000191. The molecule has 8 rings (SSSR count). The Morgan fingerprint density at radius 1 is 0.562 bits per heavy atom. The molecule has 2 aromatic heterocycles. The summed E-state index contributed by atoms with van der Waals surface area (Å²) < 4.78 is 25.8. The van der Waals surface area contributed by atoms with E-state index in [-0.39, 0.29) is 23.9 Å². The van der Waals surface area contributed by atoms with Crippen LogP contribution in [-0.2, 0) is 18.9 Å². The second kappa shape index (κ2) is 25.3. The quantitative estimate of drug-likeness (QED) is 0.106. The summed E-state index contributed by atoms with van der Waals surface area (Å²) in [5.41, 5.74) is 3.31. The van der Waals surface area contributed by atoms with Gasteiger partial charge in [0, 0.05) is 88.4 Å². The molecule has 2 saturated heterocycles. The Morgan fingerprint density at radius 3 is 1.38 bits per heavy atom. The number of piperidine rings is 2. The molecule has 4 aliphatic rings. The molecule has 2 saturated carbocycles. The fourth-order valence-electron chi connectivity index (χ4n) is 10.00. The average molecular weight is 881 g/mol. The Hall–Kier alpha value is -4.44. The van der Waals surface area contributed by atoms with Gasteiger partial charge in [0.15, 0.2) is 0 Å². The number of carbonyl (C=O) groups excluding carboxylic acids is 2. The zero-order chi connectivity index (χ0) is 44.4. The number of amides is 2. The first-order chi connectivity index (χ1) is 31.4. The number of nitrogens with one attached hydrogen (secondary N) is 2. The number of nitrogens with zero attached hydrogens (tertiary/aromatic N) is 6. The second-order valence-electron chi connectivity index (χ2n) is 18.0. The van der Waals surface area contributed by atoms with E-state index in [9.17, 15) is 9.59 Å². The third-order valence-electron chi connectivity index (χ3n) is 13.4. The molecule has 14 nitrogen and oxygen atoms in total. The van der Waals surface area contributed by atoms with E-state index in [1.807, 2.05) is 73.1 Å². The van der Waals surface area contributed by atoms with Gasteiger partial charge in [-0.2, -0.15) is 10.2 Å². The number of methoxy groups -OCH3 is 2. The van der Waals surface area contributed by atoms with Crippen molar-refractivity contribution in [3.8, 4) is 11.4 Å². The van der Waals surface area contributed by atoms with Crippen LogP contribution in [0.4, 0.5) is 0 Å². The molecule has 2 N–H and O–H groups in total. The summed E-state index contributed by atoms with van der Waals surface area (Å²) in [6, 6.07) is 19.6. The van der Waals surface area contributed by atoms with E-state index in [1.54, 1.807) is 36.0 Å². The monoisotopic (exact) mass is 881 g/mol. The van der Waals surface area contributed by atoms with Crippen molar-refractivity contribution in [3.05, 3.63) is 96.6 Å². The van der Waals surface area contributed by atoms with Crippen LogP contribution in [0.1, 0.15) is 97.8 Å². The molecule has 2 aliphatic heterocycles. The summed E-state index contributed by atoms with van der Waals surface area (Å²) in [7, 11) is 3.42. The largest absolute Gasteiger partial charge is 0.382 e. The Kier molecular flexibility index (Phi) is 18.8. The predicted octanol–water partition coefficient (Wildman–Crippen LogP) is 6.58. The number of benzene rings is 2. The van der Waals surface area contributed by atoms with Gasteiger partial charge in [0.1, 0.15) is 0 Å². The fourth-order valence-corrected chi connectivity index (χ4v) is 10.00. The zero-order valence-corrected chi connectivity index (χ0v) is 38.2. The van der Waals surface area contributed by atoms with Crippen LogP contribution < -0.4 is 10.6 Å². The van der Waals surface area contributed by atoms with Gasteiger partial charge in [-0.15, -0.1) is 0 Å². The van der Waals surface area contributed by atoms with Crippen molar-refractivity contribution in [2.75, 3.05) is 79.9 Å². The molecule has 4 aromatic rings. The van der Waals surface area contributed by atoms with Crippen LogP contribution in [-0.4, -0.2) is 145 Å². The van der Waals surface area contributed by atoms with Gasteiger partial charge < -0.3 is 39.4 Å². The summed E-state index contributed by atoms with van der Waals surface area (Å²) in [6.07, 6.45) is 21.8. The Morgan fingerprint density at radius 2 is 0.984 bits per heavy atom. The van der Waals surface area contributed by atoms with Crippen molar-refractivity contribution < 1.29 is 28.5 Å². The van der Waals surface area contributed by atoms with Crippen LogP contribution in [0.2, 0.25) is 0 Å². The maximum atomic E-state index is 13.0. The van der Waals surface area contributed by atoms with Gasteiger partial charge in [0.05, 0.1) is 50.0 Å². The molecular weight excluding hydrogens is 809 g/mol. The maximum absolute atomic E-state index is 13.0. The van der Waals surface area contributed by atoms with Crippen molar-refractivity contribution in [2.24, 2.45) is 11.8 Å². The summed E-state index contributed by atoms with van der Waals surface area (Å²) in [5, 5.41) is 15.2. The Labute approximate surface area is 380 Å². The lowest BCUT2D eigenvalue weighted by atomic mass is 9.83. The number of hydrogen-bond donors (Lipinski definition) is 2. The highest BCUT2D eigenvalue weighted by Crippen LogP contribution is 2.29. The molecule has 4 heterocycles. The highest BCUT2D eigenvalue weighted by atomic mass is 16.5. The van der Waals surface area contributed by atoms with E-state index in [0.29, 0.717) is 61.6 Å². The van der Waals surface area contributed by atoms with Crippen LogP contribution in [0.5, 0.6) is 0 Å². The van der Waals surface area contributed by atoms with E-state index in [1.165, 1.54) is 51.4 Å². The fraction of sp³-hybridized carbons (Fsp3) is 0.600. The molecule has 64 heavy (non-hydrogen) atoms. The van der Waals surface area contributed by atoms with Crippen LogP contribution in [0.3, 0.4) is 0 Å². The Bertz CT molecular complexity index is 1790. The highest BCUT2D eigenvalue weighted by Gasteiger charge is 2.32. The van der Waals surface area contributed by atoms with Crippen molar-refractivity contribution in [1.82, 2.24) is 40.0 Å². The van der Waals surface area contributed by atoms with E-state index in [0.717, 1.165) is 76.3 Å². The first kappa shape index (κ1) is 47.5. The first-order valence-corrected chi connectivity index (χ1v) is 23.9. The van der Waals surface area contributed by atoms with Gasteiger partial charge in [0.2, 0.25) is 0 Å². The maximum Gasteiger partial charge on any atom is 0.251 e. The van der Waals surface area contributed by atoms with Gasteiger partial charge in [-0.3, -0.25) is 9.59 Å². The van der Waals surface area contributed by atoms with Gasteiger partial charge in [-0.1, -0.05) is 25.7 Å². The van der Waals surface area contributed by atoms with Gasteiger partial charge in [0.25, 0.3) is 11.8 Å². The lowest BCUT2D eigenvalue weighted by molar-refractivity contribution is -0.0254. The highest BCUT2D eigenvalue weighted by molar-refractivity contribution is 5.95. The molecule has 6 atom stereocenters. The SMILES string of the molecule is COCCO[C@@H]1CCCN(C[C@@H]2CCCC[C@H]2NC(=O)c2ccc(-n3cccn3)cc2)C1.COCCO[C@@H]1CCCN(C[C@H]2CCCC[C@@H]2NC(=O)c2ccc(-n3cccn3)cc2)C1. The minimum absolute atomic E-state index is 0.0216. The van der Waals surface area contributed by atoms with Gasteiger partial charge >= 0.3 is 0 Å². The molecule has 0 radical (unpaired) electrons. The average Bonchev–Trinajstić information content (AvgIpc) is 4.08. The summed E-state index contributed by atoms with van der Waals surface area (Å²) in [4.78, 5) is 31.0. The van der Waals surface area contributed by atoms with E-state index in [2.05, 4.69) is 30.6 Å². The number of carbonyl (C=O) groups is 2. The van der Waals surface area contributed by atoms with Crippen LogP contribution in [0.15, 0.2) is 85.5 Å². The molecule has 0 unspecified atom stereocenters. The molecule has 0 spiro atoms. The summed E-state index contributed by atoms with van der Waals surface area (Å²) in [6.45, 7) is 8.90. The standard InChI is InChI=1S/2C25H36N4O3/c2*1-31-16-17-32-23-7-4-14-28(19-23)18-21-6-2-3-8-24(21)27-25(30)20-9-11-22(12-10-20)29-15-5-13-26-29/h2*5,9-13,15,21,23-24H,2-4,6-8,14,16-19H2,1H3,(H,27,30)/t21-,23+,24+;21-,23-,24+/m01/s1. The summed E-state index contributed by atoms with van der Waals surface area (Å²) in [5.74, 6) is 1.03. The van der Waals surface area contributed by atoms with Gasteiger partial charge in [-0.05, 0) is 137 Å². The summed E-state index contributed by atoms with van der Waals surface area (Å²) >= 11 is 0. The van der Waals surface area contributed by atoms with E-state index < -0.39 is 0 Å². The molecule has 348 valence electrons. The van der Waals surface area contributed by atoms with E-state index >= 15 is 0 Å². The molecule has 4 fully saturated rings.